The molecule has 0 radical (unpaired) electrons. The number of carboxylic acid groups (broad SMARTS) is 1. The molecule has 0 spiro atoms. The first-order chi connectivity index (χ1) is 12.3. The van der Waals surface area contributed by atoms with Crippen LogP contribution >= 0.6 is 0 Å². The molecular weight excluding hydrogens is 336 g/mol. The van der Waals surface area contributed by atoms with E-state index in [0.29, 0.717) is 38.0 Å². The van der Waals surface area contributed by atoms with Gasteiger partial charge in [0.05, 0.1) is 6.61 Å². The summed E-state index contributed by atoms with van der Waals surface area (Å²) in [7, 11) is 0. The fourth-order valence-electron chi connectivity index (χ4n) is 2.83. The zero-order valence-electron chi connectivity index (χ0n) is 15.2. The van der Waals surface area contributed by atoms with Crippen molar-refractivity contribution >= 4 is 23.5 Å². The highest BCUT2D eigenvalue weighted by molar-refractivity contribution is 5.94. The number of nitrogens with one attached hydrogen (secondary N) is 2. The van der Waals surface area contributed by atoms with Gasteiger partial charge in [0.1, 0.15) is 11.8 Å². The van der Waals surface area contributed by atoms with E-state index in [-0.39, 0.29) is 24.2 Å². The number of ether oxygens (including phenoxy) is 1. The van der Waals surface area contributed by atoms with Gasteiger partial charge in [0.15, 0.2) is 0 Å². The average Bonchev–Trinajstić information content (AvgIpc) is 2.57. The van der Waals surface area contributed by atoms with Crippen molar-refractivity contribution in [2.75, 3.05) is 11.9 Å². The molecule has 1 heterocycles. The Kier molecular flexibility index (Phi) is 7.00. The minimum atomic E-state index is -1.01. The molecule has 0 aromatic heterocycles. The maximum absolute atomic E-state index is 11.9. The summed E-state index contributed by atoms with van der Waals surface area (Å²) < 4.78 is 5.66. The maximum Gasteiger partial charge on any atom is 0.326 e. The number of amides is 2. The van der Waals surface area contributed by atoms with Gasteiger partial charge in [-0.05, 0) is 48.9 Å². The average molecular weight is 362 g/mol. The first-order valence-electron chi connectivity index (χ1n) is 8.93. The number of carboxylic acids is 1. The molecule has 26 heavy (non-hydrogen) atoms. The predicted molar refractivity (Wildman–Crippen MR) is 97.1 cm³/mol. The number of hydrogen-bond acceptors (Lipinski definition) is 4. The Morgan fingerprint density at radius 1 is 1.31 bits per heavy atom. The number of carbonyl (C=O) groups excluding carboxylic acids is 2. The van der Waals surface area contributed by atoms with Crippen molar-refractivity contribution in [1.82, 2.24) is 5.32 Å². The molecule has 0 bridgehead atoms. The molecule has 0 unspecified atom stereocenters. The topological polar surface area (TPSA) is 105 Å². The molecule has 7 nitrogen and oxygen atoms in total. The molecule has 0 fully saturated rings. The molecule has 1 aromatic rings. The third-order valence-corrected chi connectivity index (χ3v) is 4.13. The summed E-state index contributed by atoms with van der Waals surface area (Å²) in [6, 6.07) is 4.66. The van der Waals surface area contributed by atoms with E-state index in [4.69, 9.17) is 9.84 Å². The van der Waals surface area contributed by atoms with E-state index in [2.05, 4.69) is 10.6 Å². The molecule has 3 N–H and O–H groups in total. The summed E-state index contributed by atoms with van der Waals surface area (Å²) in [6.07, 6.45) is 2.27. The lowest BCUT2D eigenvalue weighted by Gasteiger charge is -2.18. The second-order valence-electron chi connectivity index (χ2n) is 6.91. The van der Waals surface area contributed by atoms with Gasteiger partial charge in [0.2, 0.25) is 11.8 Å². The summed E-state index contributed by atoms with van der Waals surface area (Å²) in [6.45, 7) is 4.19. The van der Waals surface area contributed by atoms with E-state index in [1.807, 2.05) is 26.0 Å². The Hall–Kier alpha value is -2.57. The zero-order valence-corrected chi connectivity index (χ0v) is 15.2. The summed E-state index contributed by atoms with van der Waals surface area (Å²) in [5.41, 5.74) is 1.86. The second-order valence-corrected chi connectivity index (χ2v) is 6.91. The highest BCUT2D eigenvalue weighted by Crippen LogP contribution is 2.26. The van der Waals surface area contributed by atoms with E-state index in [9.17, 15) is 14.4 Å². The molecule has 0 aliphatic carbocycles. The van der Waals surface area contributed by atoms with Gasteiger partial charge in [0.25, 0.3) is 0 Å². The van der Waals surface area contributed by atoms with Crippen LogP contribution in [0.1, 0.15) is 45.1 Å². The predicted octanol–water partition coefficient (Wildman–Crippen LogP) is 2.35. The van der Waals surface area contributed by atoms with Crippen molar-refractivity contribution in [3.63, 3.8) is 0 Å². The third-order valence-electron chi connectivity index (χ3n) is 4.13. The van der Waals surface area contributed by atoms with Crippen LogP contribution in [0.25, 0.3) is 0 Å². The number of rotatable bonds is 9. The van der Waals surface area contributed by atoms with Gasteiger partial charge >= 0.3 is 5.97 Å². The normalized spacial score (nSPS) is 14.3. The number of fused-ring (bicyclic) bond motifs is 1. The summed E-state index contributed by atoms with van der Waals surface area (Å²) >= 11 is 0. The maximum atomic E-state index is 11.9. The Bertz CT molecular complexity index is 672. The van der Waals surface area contributed by atoms with Gasteiger partial charge in [-0.25, -0.2) is 4.79 Å². The van der Waals surface area contributed by atoms with Crippen LogP contribution in [0.3, 0.4) is 0 Å². The first-order valence-corrected chi connectivity index (χ1v) is 8.93. The molecule has 1 aromatic carbocycles. The molecule has 2 rings (SSSR count). The Labute approximate surface area is 153 Å². The minimum absolute atomic E-state index is 0.0225. The van der Waals surface area contributed by atoms with Crippen LogP contribution in [0.4, 0.5) is 5.69 Å². The fourth-order valence-corrected chi connectivity index (χ4v) is 2.83. The van der Waals surface area contributed by atoms with E-state index in [1.165, 1.54) is 0 Å². The highest BCUT2D eigenvalue weighted by atomic mass is 16.5. The molecule has 1 aliphatic heterocycles. The van der Waals surface area contributed by atoms with Crippen LogP contribution in [-0.2, 0) is 20.8 Å². The monoisotopic (exact) mass is 362 g/mol. The van der Waals surface area contributed by atoms with Gasteiger partial charge in [-0.15, -0.1) is 0 Å². The van der Waals surface area contributed by atoms with Crippen LogP contribution in [0.2, 0.25) is 0 Å². The van der Waals surface area contributed by atoms with Crippen molar-refractivity contribution in [3.8, 4) is 5.75 Å². The number of aliphatic carboxylic acids is 1. The lowest BCUT2D eigenvalue weighted by Crippen LogP contribution is -2.41. The summed E-state index contributed by atoms with van der Waals surface area (Å²) in [4.78, 5) is 34.4. The molecule has 2 amide bonds. The molecule has 1 aliphatic rings. The summed E-state index contributed by atoms with van der Waals surface area (Å²) in [5, 5.41) is 14.5. The van der Waals surface area contributed by atoms with E-state index in [0.717, 1.165) is 11.3 Å². The Morgan fingerprint density at radius 3 is 2.77 bits per heavy atom. The standard InChI is InChI=1S/C19H26N2O5/c1-12(2)10-16(19(24)25)21-17(22)4-3-9-26-14-6-7-15-13(11-14)5-8-18(23)20-15/h6-7,11-12,16H,3-5,8-10H2,1-2H3,(H,20,23)(H,21,22)(H,24,25)/t16-/m1/s1. The lowest BCUT2D eigenvalue weighted by molar-refractivity contribution is -0.142. The molecule has 7 heteroatoms. The molecule has 142 valence electrons. The third kappa shape index (κ3) is 6.06. The number of benzene rings is 1. The molecule has 0 saturated carbocycles. The van der Waals surface area contributed by atoms with E-state index >= 15 is 0 Å². The van der Waals surface area contributed by atoms with Gasteiger partial charge in [0, 0.05) is 18.5 Å². The minimum Gasteiger partial charge on any atom is -0.494 e. The van der Waals surface area contributed by atoms with Crippen LogP contribution in [0.15, 0.2) is 18.2 Å². The van der Waals surface area contributed by atoms with Crippen LogP contribution < -0.4 is 15.4 Å². The van der Waals surface area contributed by atoms with Gasteiger partial charge in [-0.3, -0.25) is 9.59 Å². The van der Waals surface area contributed by atoms with Gasteiger partial charge in [-0.2, -0.15) is 0 Å². The number of aryl methyl sites for hydroxylation is 1. The van der Waals surface area contributed by atoms with Crippen molar-refractivity contribution < 1.29 is 24.2 Å². The smallest absolute Gasteiger partial charge is 0.326 e. The van der Waals surface area contributed by atoms with Crippen molar-refractivity contribution in [1.29, 1.82) is 0 Å². The molecular formula is C19H26N2O5. The van der Waals surface area contributed by atoms with Crippen LogP contribution in [0, 0.1) is 5.92 Å². The second kappa shape index (κ2) is 9.22. The lowest BCUT2D eigenvalue weighted by atomic mass is 10.0. The molecule has 1 atom stereocenters. The SMILES string of the molecule is CC(C)C[C@@H](NC(=O)CCCOc1ccc2c(c1)CCC(=O)N2)C(=O)O. The number of carbonyl (C=O) groups is 3. The summed E-state index contributed by atoms with van der Waals surface area (Å²) in [5.74, 6) is -0.384. The Morgan fingerprint density at radius 2 is 2.08 bits per heavy atom. The van der Waals surface area contributed by atoms with E-state index in [1.54, 1.807) is 6.07 Å². The van der Waals surface area contributed by atoms with Gasteiger partial charge in [-0.1, -0.05) is 13.8 Å². The fraction of sp³-hybridized carbons (Fsp3) is 0.526. The molecule has 0 saturated heterocycles. The van der Waals surface area contributed by atoms with Crippen LogP contribution in [0.5, 0.6) is 5.75 Å². The van der Waals surface area contributed by atoms with Crippen LogP contribution in [-0.4, -0.2) is 35.5 Å². The number of hydrogen-bond donors (Lipinski definition) is 3. The van der Waals surface area contributed by atoms with E-state index < -0.39 is 12.0 Å². The van der Waals surface area contributed by atoms with Crippen molar-refractivity contribution in [2.24, 2.45) is 5.92 Å². The zero-order chi connectivity index (χ0) is 19.1. The Balaban J connectivity index is 1.73. The quantitative estimate of drug-likeness (QED) is 0.585. The first kappa shape index (κ1) is 19.8. The highest BCUT2D eigenvalue weighted by Gasteiger charge is 2.20. The number of anilines is 1. The van der Waals surface area contributed by atoms with Crippen molar-refractivity contribution in [3.05, 3.63) is 23.8 Å². The largest absolute Gasteiger partial charge is 0.494 e. The van der Waals surface area contributed by atoms with Crippen molar-refractivity contribution in [2.45, 2.75) is 52.0 Å². The van der Waals surface area contributed by atoms with Gasteiger partial charge < -0.3 is 20.5 Å².